The van der Waals surface area contributed by atoms with E-state index < -0.39 is 5.97 Å². The number of aromatic nitrogens is 1. The number of esters is 1. The van der Waals surface area contributed by atoms with Crippen LogP contribution in [0, 0.1) is 0 Å². The highest BCUT2D eigenvalue weighted by atomic mass is 16.5. The first-order chi connectivity index (χ1) is 12.6. The molecule has 4 rings (SSSR count). The quantitative estimate of drug-likeness (QED) is 0.560. The molecule has 1 aromatic heterocycles. The number of aromatic amines is 1. The zero-order valence-corrected chi connectivity index (χ0v) is 13.9. The molecular weight excluding hydrogens is 332 g/mol. The number of carbonyl (C=O) groups excluding carboxylic acids is 3. The molecule has 3 aromatic rings. The van der Waals surface area contributed by atoms with Crippen LogP contribution < -0.4 is 5.32 Å². The number of carbonyl (C=O) groups is 3. The fourth-order valence-corrected chi connectivity index (χ4v) is 3.03. The van der Waals surface area contributed by atoms with Gasteiger partial charge >= 0.3 is 5.97 Å². The minimum Gasteiger partial charge on any atom is -0.453 e. The monoisotopic (exact) mass is 348 g/mol. The largest absolute Gasteiger partial charge is 0.453 e. The summed E-state index contributed by atoms with van der Waals surface area (Å²) in [7, 11) is 0. The van der Waals surface area contributed by atoms with E-state index in [1.165, 1.54) is 0 Å². The van der Waals surface area contributed by atoms with E-state index >= 15 is 0 Å². The lowest BCUT2D eigenvalue weighted by Gasteiger charge is -2.17. The molecule has 2 heterocycles. The van der Waals surface area contributed by atoms with E-state index in [2.05, 4.69) is 10.3 Å². The normalized spacial score (nSPS) is 13.2. The Hall–Kier alpha value is -3.41. The number of amides is 1. The Morgan fingerprint density at radius 3 is 2.73 bits per heavy atom. The molecule has 0 bridgehead atoms. The highest BCUT2D eigenvalue weighted by Gasteiger charge is 2.18. The van der Waals surface area contributed by atoms with Crippen molar-refractivity contribution in [3.8, 4) is 0 Å². The number of anilines is 1. The maximum absolute atomic E-state index is 12.3. The van der Waals surface area contributed by atoms with E-state index in [0.717, 1.165) is 22.2 Å². The fraction of sp³-hybridized carbons (Fsp3) is 0.150. The van der Waals surface area contributed by atoms with E-state index in [4.69, 9.17) is 4.74 Å². The van der Waals surface area contributed by atoms with E-state index in [1.807, 2.05) is 24.3 Å². The molecule has 1 aliphatic rings. The van der Waals surface area contributed by atoms with E-state index in [1.54, 1.807) is 24.3 Å². The van der Waals surface area contributed by atoms with Crippen molar-refractivity contribution in [2.75, 3.05) is 11.9 Å². The number of ketones is 1. The average Bonchev–Trinajstić information content (AvgIpc) is 3.09. The summed E-state index contributed by atoms with van der Waals surface area (Å²) in [5, 5.41) is 3.68. The third-order valence-corrected chi connectivity index (χ3v) is 4.41. The molecule has 0 spiro atoms. The van der Waals surface area contributed by atoms with Crippen LogP contribution in [-0.4, -0.2) is 29.3 Å². The molecule has 0 saturated heterocycles. The smallest absolute Gasteiger partial charge is 0.355 e. The maximum atomic E-state index is 12.3. The molecule has 1 amide bonds. The van der Waals surface area contributed by atoms with Crippen molar-refractivity contribution in [2.45, 2.75) is 12.8 Å². The van der Waals surface area contributed by atoms with Gasteiger partial charge in [-0.15, -0.1) is 0 Å². The van der Waals surface area contributed by atoms with Gasteiger partial charge in [-0.1, -0.05) is 18.2 Å². The summed E-state index contributed by atoms with van der Waals surface area (Å²) in [6.45, 7) is -0.334. The number of nitrogens with one attached hydrogen (secondary N) is 2. The van der Waals surface area contributed by atoms with Crippen molar-refractivity contribution in [3.05, 3.63) is 65.4 Å². The van der Waals surface area contributed by atoms with E-state index in [0.29, 0.717) is 24.1 Å². The number of ether oxygens (including phenoxy) is 1. The highest BCUT2D eigenvalue weighted by molar-refractivity contribution is 6.01. The van der Waals surface area contributed by atoms with Gasteiger partial charge < -0.3 is 15.0 Å². The van der Waals surface area contributed by atoms with Gasteiger partial charge in [0.2, 0.25) is 5.91 Å². The molecular formula is C20H16N2O4. The number of aryl methyl sites for hydroxylation is 1. The summed E-state index contributed by atoms with van der Waals surface area (Å²) < 4.78 is 5.15. The van der Waals surface area contributed by atoms with Crippen molar-refractivity contribution >= 4 is 34.3 Å². The zero-order valence-electron chi connectivity index (χ0n) is 13.9. The molecule has 0 unspecified atom stereocenters. The SMILES string of the molecule is O=C1CCc2cc(C(=O)COC(=O)c3cc4ccccc4[nH]3)ccc2N1. The Labute approximate surface area is 149 Å². The zero-order chi connectivity index (χ0) is 18.1. The van der Waals surface area contributed by atoms with Gasteiger partial charge in [0.05, 0.1) is 0 Å². The lowest BCUT2D eigenvalue weighted by molar-refractivity contribution is -0.116. The summed E-state index contributed by atoms with van der Waals surface area (Å²) in [6.07, 6.45) is 0.997. The minimum atomic E-state index is -0.570. The van der Waals surface area contributed by atoms with Crippen molar-refractivity contribution in [3.63, 3.8) is 0 Å². The number of para-hydroxylation sites is 1. The number of Topliss-reactive ketones (excluding diaryl/α,β-unsaturated/α-hetero) is 1. The second-order valence-electron chi connectivity index (χ2n) is 6.19. The predicted octanol–water partition coefficient (Wildman–Crippen LogP) is 3.09. The number of rotatable bonds is 4. The first-order valence-electron chi connectivity index (χ1n) is 8.31. The van der Waals surface area contributed by atoms with E-state index in [-0.39, 0.29) is 18.3 Å². The molecule has 1 aliphatic heterocycles. The predicted molar refractivity (Wildman–Crippen MR) is 96.3 cm³/mol. The summed E-state index contributed by atoms with van der Waals surface area (Å²) in [4.78, 5) is 38.9. The van der Waals surface area contributed by atoms with Gasteiger partial charge in [0.1, 0.15) is 5.69 Å². The second-order valence-corrected chi connectivity index (χ2v) is 6.19. The number of fused-ring (bicyclic) bond motifs is 2. The van der Waals surface area contributed by atoms with Crippen LogP contribution in [0.2, 0.25) is 0 Å². The first-order valence-corrected chi connectivity index (χ1v) is 8.31. The lowest BCUT2D eigenvalue weighted by atomic mass is 9.99. The van der Waals surface area contributed by atoms with Crippen LogP contribution in [-0.2, 0) is 16.0 Å². The Bertz CT molecular complexity index is 1000. The second kappa shape index (κ2) is 6.48. The van der Waals surface area contributed by atoms with Gasteiger partial charge in [0, 0.05) is 28.6 Å². The molecule has 0 fully saturated rings. The molecule has 0 radical (unpaired) electrons. The summed E-state index contributed by atoms with van der Waals surface area (Å²) >= 11 is 0. The molecule has 0 atom stereocenters. The fourth-order valence-electron chi connectivity index (χ4n) is 3.03. The molecule has 2 N–H and O–H groups in total. The molecule has 0 saturated carbocycles. The number of benzene rings is 2. The number of hydrogen-bond donors (Lipinski definition) is 2. The summed E-state index contributed by atoms with van der Waals surface area (Å²) in [5.74, 6) is -0.877. The van der Waals surface area contributed by atoms with Crippen molar-refractivity contribution in [1.82, 2.24) is 4.98 Å². The molecule has 6 heteroatoms. The van der Waals surface area contributed by atoms with Crippen LogP contribution in [0.1, 0.15) is 32.8 Å². The first kappa shape index (κ1) is 16.1. The topological polar surface area (TPSA) is 88.3 Å². The van der Waals surface area contributed by atoms with Crippen molar-refractivity contribution in [1.29, 1.82) is 0 Å². The van der Waals surface area contributed by atoms with Crippen LogP contribution in [0.15, 0.2) is 48.5 Å². The maximum Gasteiger partial charge on any atom is 0.355 e. The highest BCUT2D eigenvalue weighted by Crippen LogP contribution is 2.24. The Morgan fingerprint density at radius 2 is 1.88 bits per heavy atom. The van der Waals surface area contributed by atoms with Gasteiger partial charge in [-0.2, -0.15) is 0 Å². The van der Waals surface area contributed by atoms with Gasteiger partial charge in [0.25, 0.3) is 0 Å². The van der Waals surface area contributed by atoms with Crippen LogP contribution in [0.5, 0.6) is 0 Å². The van der Waals surface area contributed by atoms with Gasteiger partial charge in [-0.25, -0.2) is 4.79 Å². The van der Waals surface area contributed by atoms with Gasteiger partial charge in [-0.05, 0) is 42.3 Å². The molecule has 0 aliphatic carbocycles. The molecule has 26 heavy (non-hydrogen) atoms. The van der Waals surface area contributed by atoms with Crippen molar-refractivity contribution in [2.24, 2.45) is 0 Å². The van der Waals surface area contributed by atoms with E-state index in [9.17, 15) is 14.4 Å². The summed E-state index contributed by atoms with van der Waals surface area (Å²) in [5.41, 5.74) is 3.25. The number of hydrogen-bond acceptors (Lipinski definition) is 4. The molecule has 130 valence electrons. The van der Waals surface area contributed by atoms with Crippen LogP contribution in [0.3, 0.4) is 0 Å². The van der Waals surface area contributed by atoms with Crippen molar-refractivity contribution < 1.29 is 19.1 Å². The molecule has 2 aromatic carbocycles. The Morgan fingerprint density at radius 1 is 1.04 bits per heavy atom. The van der Waals surface area contributed by atoms with Crippen LogP contribution in [0.25, 0.3) is 10.9 Å². The third-order valence-electron chi connectivity index (χ3n) is 4.41. The lowest BCUT2D eigenvalue weighted by Crippen LogP contribution is -2.20. The average molecular weight is 348 g/mol. The number of H-pyrrole nitrogens is 1. The van der Waals surface area contributed by atoms with Crippen LogP contribution in [0.4, 0.5) is 5.69 Å². The summed E-state index contributed by atoms with van der Waals surface area (Å²) in [6, 6.07) is 14.3. The van der Waals surface area contributed by atoms with Gasteiger partial charge in [-0.3, -0.25) is 9.59 Å². The third kappa shape index (κ3) is 3.09. The minimum absolute atomic E-state index is 0.0242. The molecule has 6 nitrogen and oxygen atoms in total. The Balaban J connectivity index is 1.43. The van der Waals surface area contributed by atoms with Gasteiger partial charge in [0.15, 0.2) is 12.4 Å². The standard InChI is InChI=1S/C20H16N2O4/c23-18(14-5-7-16-13(9-14)6-8-19(24)22-16)11-26-20(25)17-10-12-3-1-2-4-15(12)21-17/h1-5,7,9-10,21H,6,8,11H2,(H,22,24). The van der Waals surface area contributed by atoms with Crippen LogP contribution >= 0.6 is 0 Å². The Kier molecular flexibility index (Phi) is 4.01.